The molecule has 0 unspecified atom stereocenters. The van der Waals surface area contributed by atoms with Crippen molar-refractivity contribution >= 4 is 0 Å². The molecule has 0 saturated carbocycles. The number of ether oxygens (including phenoxy) is 1. The number of benzene rings is 2. The molecular formula is C25H21N7O. The van der Waals surface area contributed by atoms with Crippen LogP contribution in [0.3, 0.4) is 0 Å². The number of nitrogens with zero attached hydrogens (tertiary/aromatic N) is 6. The van der Waals surface area contributed by atoms with Crippen LogP contribution >= 0.6 is 0 Å². The van der Waals surface area contributed by atoms with E-state index in [2.05, 4.69) is 59.8 Å². The molecule has 1 N–H and O–H groups in total. The molecule has 2 aromatic carbocycles. The molecule has 0 spiro atoms. The van der Waals surface area contributed by atoms with Crippen molar-refractivity contribution in [3.8, 4) is 39.4 Å². The summed E-state index contributed by atoms with van der Waals surface area (Å²) in [6.07, 6.45) is 5.04. The van der Waals surface area contributed by atoms with Crippen molar-refractivity contribution in [2.24, 2.45) is 0 Å². The van der Waals surface area contributed by atoms with E-state index >= 15 is 0 Å². The SMILES string of the molecule is Cc1cc(OCc2ccc(-c3ccccc3)c(-c3nn[nH]n3)c2)c(-c2cncnc2)c(C)n1. The van der Waals surface area contributed by atoms with Crippen LogP contribution in [-0.4, -0.2) is 35.6 Å². The summed E-state index contributed by atoms with van der Waals surface area (Å²) in [6, 6.07) is 18.2. The highest BCUT2D eigenvalue weighted by molar-refractivity contribution is 5.80. The van der Waals surface area contributed by atoms with Crippen LogP contribution in [0.2, 0.25) is 0 Å². The van der Waals surface area contributed by atoms with E-state index in [0.717, 1.165) is 50.5 Å². The third kappa shape index (κ3) is 4.31. The van der Waals surface area contributed by atoms with Gasteiger partial charge in [-0.3, -0.25) is 4.98 Å². The number of tetrazole rings is 1. The van der Waals surface area contributed by atoms with Crippen LogP contribution in [-0.2, 0) is 6.61 Å². The van der Waals surface area contributed by atoms with Gasteiger partial charge in [0.05, 0.1) is 0 Å². The lowest BCUT2D eigenvalue weighted by Crippen LogP contribution is -2.02. The zero-order valence-corrected chi connectivity index (χ0v) is 18.2. The summed E-state index contributed by atoms with van der Waals surface area (Å²) in [7, 11) is 0. The Hall–Kier alpha value is -4.46. The van der Waals surface area contributed by atoms with Crippen LogP contribution in [0.4, 0.5) is 0 Å². The number of aromatic nitrogens is 7. The maximum atomic E-state index is 6.30. The molecule has 8 nitrogen and oxygen atoms in total. The fourth-order valence-corrected chi connectivity index (χ4v) is 3.86. The Morgan fingerprint density at radius 2 is 1.70 bits per heavy atom. The Morgan fingerprint density at radius 1 is 0.879 bits per heavy atom. The molecule has 0 aliphatic carbocycles. The van der Waals surface area contributed by atoms with Crippen molar-refractivity contribution in [1.29, 1.82) is 0 Å². The van der Waals surface area contributed by atoms with Crippen LogP contribution in [0.25, 0.3) is 33.6 Å². The standard InChI is InChI=1S/C25H21N7O/c1-16-10-23(24(17(2)28-16)20-12-26-15-27-13-20)33-14-18-8-9-21(19-6-4-3-5-7-19)22(11-18)25-29-31-32-30-25/h3-13,15H,14H2,1-2H3,(H,29,30,31,32). The molecule has 8 heteroatoms. The van der Waals surface area contributed by atoms with Crippen molar-refractivity contribution in [2.45, 2.75) is 20.5 Å². The molecule has 33 heavy (non-hydrogen) atoms. The maximum Gasteiger partial charge on any atom is 0.205 e. The molecule has 0 atom stereocenters. The number of pyridine rings is 1. The van der Waals surface area contributed by atoms with Crippen molar-refractivity contribution in [3.05, 3.63) is 90.3 Å². The first kappa shape index (κ1) is 20.4. The van der Waals surface area contributed by atoms with Gasteiger partial charge >= 0.3 is 0 Å². The molecule has 162 valence electrons. The highest BCUT2D eigenvalue weighted by atomic mass is 16.5. The third-order valence-corrected chi connectivity index (χ3v) is 5.29. The summed E-state index contributed by atoms with van der Waals surface area (Å²) in [6.45, 7) is 4.28. The number of nitrogens with one attached hydrogen (secondary N) is 1. The summed E-state index contributed by atoms with van der Waals surface area (Å²) < 4.78 is 6.30. The van der Waals surface area contributed by atoms with E-state index in [4.69, 9.17) is 4.74 Å². The second-order valence-corrected chi connectivity index (χ2v) is 7.62. The summed E-state index contributed by atoms with van der Waals surface area (Å²) in [5, 5.41) is 14.7. The smallest absolute Gasteiger partial charge is 0.205 e. The minimum absolute atomic E-state index is 0.365. The van der Waals surface area contributed by atoms with Crippen molar-refractivity contribution in [2.75, 3.05) is 0 Å². The van der Waals surface area contributed by atoms with E-state index in [9.17, 15) is 0 Å². The van der Waals surface area contributed by atoms with Gasteiger partial charge in [0.15, 0.2) is 0 Å². The van der Waals surface area contributed by atoms with Gasteiger partial charge in [0, 0.05) is 46.5 Å². The summed E-state index contributed by atoms with van der Waals surface area (Å²) in [4.78, 5) is 12.9. The first-order chi connectivity index (χ1) is 16.2. The lowest BCUT2D eigenvalue weighted by molar-refractivity contribution is 0.307. The van der Waals surface area contributed by atoms with Crippen molar-refractivity contribution < 1.29 is 4.74 Å². The van der Waals surface area contributed by atoms with Gasteiger partial charge in [0.1, 0.15) is 18.7 Å². The van der Waals surface area contributed by atoms with Gasteiger partial charge in [-0.05, 0) is 41.8 Å². The van der Waals surface area contributed by atoms with Crippen LogP contribution < -0.4 is 4.74 Å². The van der Waals surface area contributed by atoms with Gasteiger partial charge in [-0.1, -0.05) is 42.5 Å². The summed E-state index contributed by atoms with van der Waals surface area (Å²) in [5.74, 6) is 1.27. The van der Waals surface area contributed by atoms with Gasteiger partial charge in [0.25, 0.3) is 0 Å². The molecule has 3 aromatic heterocycles. The fraction of sp³-hybridized carbons (Fsp3) is 0.120. The van der Waals surface area contributed by atoms with E-state index in [1.165, 1.54) is 6.33 Å². The highest BCUT2D eigenvalue weighted by Gasteiger charge is 2.15. The third-order valence-electron chi connectivity index (χ3n) is 5.29. The maximum absolute atomic E-state index is 6.30. The minimum atomic E-state index is 0.365. The zero-order valence-electron chi connectivity index (χ0n) is 18.2. The number of aryl methyl sites for hydroxylation is 2. The summed E-state index contributed by atoms with van der Waals surface area (Å²) in [5.41, 5.74) is 7.48. The average Bonchev–Trinajstić information content (AvgIpc) is 3.38. The quantitative estimate of drug-likeness (QED) is 0.416. The van der Waals surface area contributed by atoms with Crippen LogP contribution in [0, 0.1) is 13.8 Å². The van der Waals surface area contributed by atoms with E-state index < -0.39 is 0 Å². The zero-order chi connectivity index (χ0) is 22.6. The minimum Gasteiger partial charge on any atom is -0.488 e. The second kappa shape index (κ2) is 8.96. The van der Waals surface area contributed by atoms with Crippen molar-refractivity contribution in [1.82, 2.24) is 35.6 Å². The molecular weight excluding hydrogens is 414 g/mol. The topological polar surface area (TPSA) is 102 Å². The van der Waals surface area contributed by atoms with E-state index in [0.29, 0.717) is 12.4 Å². The van der Waals surface area contributed by atoms with E-state index in [-0.39, 0.29) is 0 Å². The Bertz CT molecular complexity index is 1370. The molecule has 0 amide bonds. The van der Waals surface area contributed by atoms with Gasteiger partial charge in [0.2, 0.25) is 5.82 Å². The van der Waals surface area contributed by atoms with Gasteiger partial charge < -0.3 is 4.74 Å². The molecule has 0 aliphatic heterocycles. The molecule has 5 aromatic rings. The van der Waals surface area contributed by atoms with Crippen LogP contribution in [0.5, 0.6) is 5.75 Å². The first-order valence-corrected chi connectivity index (χ1v) is 10.5. The molecule has 0 fully saturated rings. The number of H-pyrrole nitrogens is 1. The Balaban J connectivity index is 1.50. The first-order valence-electron chi connectivity index (χ1n) is 10.5. The molecule has 3 heterocycles. The molecule has 0 saturated heterocycles. The molecule has 0 bridgehead atoms. The Kier molecular flexibility index (Phi) is 5.55. The normalized spacial score (nSPS) is 10.8. The second-order valence-electron chi connectivity index (χ2n) is 7.62. The fourth-order valence-electron chi connectivity index (χ4n) is 3.86. The average molecular weight is 435 g/mol. The monoisotopic (exact) mass is 435 g/mol. The van der Waals surface area contributed by atoms with Crippen LogP contribution in [0.1, 0.15) is 17.0 Å². The number of hydrogen-bond donors (Lipinski definition) is 1. The van der Waals surface area contributed by atoms with E-state index in [1.54, 1.807) is 12.4 Å². The summed E-state index contributed by atoms with van der Waals surface area (Å²) >= 11 is 0. The van der Waals surface area contributed by atoms with Gasteiger partial charge in [-0.25, -0.2) is 9.97 Å². The predicted octanol–water partition coefficient (Wildman–Crippen LogP) is 4.58. The Morgan fingerprint density at radius 3 is 2.45 bits per heavy atom. The predicted molar refractivity (Wildman–Crippen MR) is 124 cm³/mol. The Labute approximate surface area is 190 Å². The lowest BCUT2D eigenvalue weighted by Gasteiger charge is -2.15. The van der Waals surface area contributed by atoms with Gasteiger partial charge in [-0.15, -0.1) is 10.2 Å². The largest absolute Gasteiger partial charge is 0.488 e. The van der Waals surface area contributed by atoms with Crippen molar-refractivity contribution in [3.63, 3.8) is 0 Å². The van der Waals surface area contributed by atoms with Gasteiger partial charge in [-0.2, -0.15) is 5.21 Å². The molecule has 5 rings (SSSR count). The number of aromatic amines is 1. The van der Waals surface area contributed by atoms with E-state index in [1.807, 2.05) is 44.2 Å². The number of rotatable bonds is 6. The molecule has 0 radical (unpaired) electrons. The van der Waals surface area contributed by atoms with Crippen LogP contribution in [0.15, 0.2) is 73.3 Å². The number of hydrogen-bond acceptors (Lipinski definition) is 7. The molecule has 0 aliphatic rings. The highest BCUT2D eigenvalue weighted by Crippen LogP contribution is 2.34. The lowest BCUT2D eigenvalue weighted by atomic mass is 9.97.